The number of oxazole rings is 1. The zero-order valence-corrected chi connectivity index (χ0v) is 16.9. The van der Waals surface area contributed by atoms with E-state index in [-0.39, 0.29) is 11.7 Å². The Labute approximate surface area is 165 Å². The van der Waals surface area contributed by atoms with Crippen LogP contribution in [-0.4, -0.2) is 61.1 Å². The van der Waals surface area contributed by atoms with Gasteiger partial charge in [-0.05, 0) is 43.5 Å². The van der Waals surface area contributed by atoms with E-state index in [1.165, 1.54) is 18.4 Å². The molecule has 1 aromatic heterocycles. The molecule has 8 heteroatoms. The van der Waals surface area contributed by atoms with Crippen molar-refractivity contribution in [2.45, 2.75) is 37.6 Å². The standard InChI is InChI=1S/C20H26FN3O3S/c1-28(25,26)24-9-6-18(7-10-24)23-8-5-16(14-23)20-22-13-19(27-20)12-15-3-2-4-17(21)11-15/h2-4,11,13,16,18H,5-10,12,14H2,1H3/t16-/m0/s1. The SMILES string of the molecule is CS(=O)(=O)N1CCC(N2CC[C@H](c3ncc(Cc4cccc(F)c4)o3)C2)CC1. The second-order valence-electron chi connectivity index (χ2n) is 7.85. The van der Waals surface area contributed by atoms with Crippen LogP contribution in [0, 0.1) is 5.82 Å². The summed E-state index contributed by atoms with van der Waals surface area (Å²) in [5.41, 5.74) is 0.869. The number of rotatable bonds is 5. The molecule has 1 aromatic carbocycles. The van der Waals surface area contributed by atoms with Gasteiger partial charge in [-0.2, -0.15) is 0 Å². The number of sulfonamides is 1. The molecule has 0 N–H and O–H groups in total. The number of hydrogen-bond donors (Lipinski definition) is 0. The molecule has 0 spiro atoms. The summed E-state index contributed by atoms with van der Waals surface area (Å²) in [6.45, 7) is 3.07. The Bertz CT molecular complexity index is 922. The molecule has 0 unspecified atom stereocenters. The first-order valence-corrected chi connectivity index (χ1v) is 11.6. The predicted octanol–water partition coefficient (Wildman–Crippen LogP) is 2.62. The summed E-state index contributed by atoms with van der Waals surface area (Å²) in [5.74, 6) is 1.52. The van der Waals surface area contributed by atoms with Crippen molar-refractivity contribution in [3.63, 3.8) is 0 Å². The summed E-state index contributed by atoms with van der Waals surface area (Å²) < 4.78 is 44.2. The minimum Gasteiger partial charge on any atom is -0.445 e. The topological polar surface area (TPSA) is 66.7 Å². The molecule has 6 nitrogen and oxygen atoms in total. The lowest BCUT2D eigenvalue weighted by Crippen LogP contribution is -2.45. The largest absolute Gasteiger partial charge is 0.445 e. The Hall–Kier alpha value is -1.77. The van der Waals surface area contributed by atoms with Crippen LogP contribution in [0.2, 0.25) is 0 Å². The van der Waals surface area contributed by atoms with Crippen LogP contribution in [0.15, 0.2) is 34.9 Å². The predicted molar refractivity (Wildman–Crippen MR) is 104 cm³/mol. The van der Waals surface area contributed by atoms with Crippen molar-refractivity contribution >= 4 is 10.0 Å². The van der Waals surface area contributed by atoms with Crippen LogP contribution in [0.5, 0.6) is 0 Å². The Morgan fingerprint density at radius 2 is 2.00 bits per heavy atom. The summed E-state index contributed by atoms with van der Waals surface area (Å²) >= 11 is 0. The molecule has 1 atom stereocenters. The van der Waals surface area contributed by atoms with Gasteiger partial charge >= 0.3 is 0 Å². The fraction of sp³-hybridized carbons (Fsp3) is 0.550. The van der Waals surface area contributed by atoms with E-state index >= 15 is 0 Å². The molecule has 0 amide bonds. The maximum atomic E-state index is 13.3. The Kier molecular flexibility index (Phi) is 5.53. The van der Waals surface area contributed by atoms with Crippen molar-refractivity contribution in [3.8, 4) is 0 Å². The van der Waals surface area contributed by atoms with Crippen LogP contribution in [0.3, 0.4) is 0 Å². The monoisotopic (exact) mass is 407 g/mol. The minimum absolute atomic E-state index is 0.245. The maximum absolute atomic E-state index is 13.3. The molecule has 2 fully saturated rings. The van der Waals surface area contributed by atoms with E-state index in [4.69, 9.17) is 4.42 Å². The van der Waals surface area contributed by atoms with Gasteiger partial charge in [0.1, 0.15) is 11.6 Å². The van der Waals surface area contributed by atoms with Gasteiger partial charge in [0.05, 0.1) is 12.5 Å². The lowest BCUT2D eigenvalue weighted by Gasteiger charge is -2.35. The molecule has 152 valence electrons. The van der Waals surface area contributed by atoms with Gasteiger partial charge in [-0.15, -0.1) is 0 Å². The first-order valence-electron chi connectivity index (χ1n) is 9.77. The van der Waals surface area contributed by atoms with Crippen molar-refractivity contribution in [3.05, 3.63) is 53.5 Å². The van der Waals surface area contributed by atoms with Crippen molar-refractivity contribution in [2.75, 3.05) is 32.4 Å². The highest BCUT2D eigenvalue weighted by Gasteiger charge is 2.34. The normalized spacial score (nSPS) is 22.7. The van der Waals surface area contributed by atoms with Crippen LogP contribution in [0.25, 0.3) is 0 Å². The van der Waals surface area contributed by atoms with E-state index in [0.29, 0.717) is 25.6 Å². The summed E-state index contributed by atoms with van der Waals surface area (Å²) in [5, 5.41) is 0. The quantitative estimate of drug-likeness (QED) is 0.762. The van der Waals surface area contributed by atoms with E-state index < -0.39 is 10.0 Å². The Morgan fingerprint density at radius 1 is 1.21 bits per heavy atom. The van der Waals surface area contributed by atoms with Gasteiger partial charge in [0.25, 0.3) is 0 Å². The van der Waals surface area contributed by atoms with Crippen LogP contribution < -0.4 is 0 Å². The van der Waals surface area contributed by atoms with Gasteiger partial charge in [-0.3, -0.25) is 4.90 Å². The minimum atomic E-state index is -3.09. The number of piperidine rings is 1. The van der Waals surface area contributed by atoms with Crippen LogP contribution in [0.4, 0.5) is 4.39 Å². The van der Waals surface area contributed by atoms with Crippen LogP contribution in [0.1, 0.15) is 42.4 Å². The molecular weight excluding hydrogens is 381 g/mol. The van der Waals surface area contributed by atoms with Crippen LogP contribution in [-0.2, 0) is 16.4 Å². The average molecular weight is 408 g/mol. The number of halogens is 1. The highest BCUT2D eigenvalue weighted by atomic mass is 32.2. The molecule has 0 radical (unpaired) electrons. The van der Waals surface area contributed by atoms with Gasteiger partial charge in [0.2, 0.25) is 10.0 Å². The third kappa shape index (κ3) is 4.45. The van der Waals surface area contributed by atoms with Crippen LogP contribution >= 0.6 is 0 Å². The van der Waals surface area contributed by atoms with Gasteiger partial charge in [0, 0.05) is 38.0 Å². The lowest BCUT2D eigenvalue weighted by molar-refractivity contribution is 0.165. The van der Waals surface area contributed by atoms with Crippen molar-refractivity contribution in [1.82, 2.24) is 14.2 Å². The number of benzene rings is 1. The number of hydrogen-bond acceptors (Lipinski definition) is 5. The van der Waals surface area contributed by atoms with Gasteiger partial charge < -0.3 is 4.42 Å². The number of aromatic nitrogens is 1. The highest BCUT2D eigenvalue weighted by molar-refractivity contribution is 7.88. The van der Waals surface area contributed by atoms with E-state index in [1.807, 2.05) is 6.07 Å². The molecule has 2 aromatic rings. The molecule has 3 heterocycles. The lowest BCUT2D eigenvalue weighted by atomic mass is 10.1. The summed E-state index contributed by atoms with van der Waals surface area (Å²) in [6, 6.07) is 6.95. The van der Waals surface area contributed by atoms with E-state index in [9.17, 15) is 12.8 Å². The molecule has 28 heavy (non-hydrogen) atoms. The molecule has 0 bridgehead atoms. The van der Waals surface area contributed by atoms with Gasteiger partial charge in [0.15, 0.2) is 5.89 Å². The summed E-state index contributed by atoms with van der Waals surface area (Å²) in [4.78, 5) is 6.91. The Morgan fingerprint density at radius 3 is 2.71 bits per heavy atom. The molecule has 0 saturated carbocycles. The third-order valence-corrected chi connectivity index (χ3v) is 7.12. The van der Waals surface area contributed by atoms with Gasteiger partial charge in [-0.25, -0.2) is 22.1 Å². The first-order chi connectivity index (χ1) is 13.4. The summed E-state index contributed by atoms with van der Waals surface area (Å²) in [7, 11) is -3.09. The highest BCUT2D eigenvalue weighted by Crippen LogP contribution is 2.31. The smallest absolute Gasteiger partial charge is 0.211 e. The van der Waals surface area contributed by atoms with Crippen molar-refractivity contribution in [1.29, 1.82) is 0 Å². The average Bonchev–Trinajstić information content (AvgIpc) is 3.30. The van der Waals surface area contributed by atoms with E-state index in [1.54, 1.807) is 16.6 Å². The zero-order valence-electron chi connectivity index (χ0n) is 16.1. The first kappa shape index (κ1) is 19.5. The summed E-state index contributed by atoms with van der Waals surface area (Å²) in [6.07, 6.45) is 6.29. The molecular formula is C20H26FN3O3S. The second-order valence-corrected chi connectivity index (χ2v) is 9.83. The van der Waals surface area contributed by atoms with Crippen molar-refractivity contribution < 1.29 is 17.2 Å². The third-order valence-electron chi connectivity index (χ3n) is 5.82. The number of nitrogens with zero attached hydrogens (tertiary/aromatic N) is 3. The molecule has 2 saturated heterocycles. The fourth-order valence-electron chi connectivity index (χ4n) is 4.30. The molecule has 0 aliphatic carbocycles. The van der Waals surface area contributed by atoms with Gasteiger partial charge in [-0.1, -0.05) is 12.1 Å². The zero-order chi connectivity index (χ0) is 19.7. The Balaban J connectivity index is 1.33. The van der Waals surface area contributed by atoms with Crippen molar-refractivity contribution in [2.24, 2.45) is 0 Å². The molecule has 2 aliphatic heterocycles. The molecule has 2 aliphatic rings. The maximum Gasteiger partial charge on any atom is 0.211 e. The number of likely N-dealkylation sites (tertiary alicyclic amines) is 1. The fourth-order valence-corrected chi connectivity index (χ4v) is 5.17. The van der Waals surface area contributed by atoms with E-state index in [2.05, 4.69) is 9.88 Å². The second kappa shape index (κ2) is 7.93. The molecule has 4 rings (SSSR count). The van der Waals surface area contributed by atoms with E-state index in [0.717, 1.165) is 49.6 Å².